The first-order valence-electron chi connectivity index (χ1n) is 7.37. The first-order chi connectivity index (χ1) is 9.42. The minimum atomic E-state index is -0.424. The SMILES string of the molecule is CCC(CC)N(CC(C)C)c1c(N)cccc1C(N)=O. The Morgan fingerprint density at radius 1 is 1.25 bits per heavy atom. The summed E-state index contributed by atoms with van der Waals surface area (Å²) in [6, 6.07) is 5.72. The molecular formula is C16H27N3O. The molecule has 0 saturated heterocycles. The number of carbonyl (C=O) groups excluding carboxylic acids is 1. The Kier molecular flexibility index (Phi) is 5.86. The van der Waals surface area contributed by atoms with Gasteiger partial charge < -0.3 is 16.4 Å². The Bertz CT molecular complexity index is 453. The van der Waals surface area contributed by atoms with Gasteiger partial charge in [0.1, 0.15) is 0 Å². The second-order valence-electron chi connectivity index (χ2n) is 5.62. The van der Waals surface area contributed by atoms with E-state index in [1.807, 2.05) is 6.07 Å². The zero-order valence-corrected chi connectivity index (χ0v) is 13.0. The number of para-hydroxylation sites is 1. The topological polar surface area (TPSA) is 72.3 Å². The van der Waals surface area contributed by atoms with Gasteiger partial charge in [-0.25, -0.2) is 0 Å². The van der Waals surface area contributed by atoms with E-state index in [4.69, 9.17) is 11.5 Å². The Morgan fingerprint density at radius 2 is 1.85 bits per heavy atom. The quantitative estimate of drug-likeness (QED) is 0.752. The molecule has 0 bridgehead atoms. The second kappa shape index (κ2) is 7.17. The Morgan fingerprint density at radius 3 is 2.30 bits per heavy atom. The van der Waals surface area contributed by atoms with Gasteiger partial charge in [-0.15, -0.1) is 0 Å². The number of primary amides is 1. The highest BCUT2D eigenvalue weighted by atomic mass is 16.1. The number of benzene rings is 1. The second-order valence-corrected chi connectivity index (χ2v) is 5.62. The van der Waals surface area contributed by atoms with Crippen LogP contribution in [0.25, 0.3) is 0 Å². The van der Waals surface area contributed by atoms with Crippen molar-refractivity contribution in [2.75, 3.05) is 17.2 Å². The molecule has 0 saturated carbocycles. The van der Waals surface area contributed by atoms with Crippen molar-refractivity contribution in [3.05, 3.63) is 23.8 Å². The van der Waals surface area contributed by atoms with Gasteiger partial charge in [-0.05, 0) is 30.9 Å². The molecule has 4 N–H and O–H groups in total. The maximum absolute atomic E-state index is 11.7. The third kappa shape index (κ3) is 3.65. The molecule has 0 aromatic heterocycles. The number of nitrogen functional groups attached to an aromatic ring is 1. The summed E-state index contributed by atoms with van der Waals surface area (Å²) in [5.41, 5.74) is 13.6. The normalized spacial score (nSPS) is 11.1. The number of carbonyl (C=O) groups is 1. The smallest absolute Gasteiger partial charge is 0.250 e. The summed E-state index contributed by atoms with van der Waals surface area (Å²) in [5, 5.41) is 0. The van der Waals surface area contributed by atoms with Crippen molar-refractivity contribution in [2.24, 2.45) is 11.7 Å². The molecule has 0 unspecified atom stereocenters. The van der Waals surface area contributed by atoms with Gasteiger partial charge in [-0.2, -0.15) is 0 Å². The third-order valence-electron chi connectivity index (χ3n) is 3.57. The highest BCUT2D eigenvalue weighted by Crippen LogP contribution is 2.31. The van der Waals surface area contributed by atoms with Crippen molar-refractivity contribution in [3.8, 4) is 0 Å². The van der Waals surface area contributed by atoms with Crippen LogP contribution in [0.4, 0.5) is 11.4 Å². The van der Waals surface area contributed by atoms with Crippen LogP contribution >= 0.6 is 0 Å². The lowest BCUT2D eigenvalue weighted by molar-refractivity contribution is 0.100. The van der Waals surface area contributed by atoms with Crippen molar-refractivity contribution >= 4 is 17.3 Å². The molecule has 112 valence electrons. The molecule has 0 atom stereocenters. The van der Waals surface area contributed by atoms with E-state index in [1.54, 1.807) is 12.1 Å². The number of hydrogen-bond acceptors (Lipinski definition) is 3. The summed E-state index contributed by atoms with van der Waals surface area (Å²) in [6.07, 6.45) is 2.02. The monoisotopic (exact) mass is 277 g/mol. The largest absolute Gasteiger partial charge is 0.397 e. The van der Waals surface area contributed by atoms with Gasteiger partial charge in [0, 0.05) is 12.6 Å². The van der Waals surface area contributed by atoms with Gasteiger partial charge in [0.05, 0.1) is 16.9 Å². The summed E-state index contributed by atoms with van der Waals surface area (Å²) >= 11 is 0. The molecule has 0 heterocycles. The summed E-state index contributed by atoms with van der Waals surface area (Å²) in [5.74, 6) is 0.0583. The molecule has 4 heteroatoms. The van der Waals surface area contributed by atoms with E-state index in [0.717, 1.165) is 25.1 Å². The molecule has 0 fully saturated rings. The summed E-state index contributed by atoms with van der Waals surface area (Å²) in [7, 11) is 0. The van der Waals surface area contributed by atoms with E-state index in [1.165, 1.54) is 0 Å². The van der Waals surface area contributed by atoms with Crippen molar-refractivity contribution in [3.63, 3.8) is 0 Å². The van der Waals surface area contributed by atoms with Crippen molar-refractivity contribution in [2.45, 2.75) is 46.6 Å². The number of nitrogens with two attached hydrogens (primary N) is 2. The number of anilines is 2. The zero-order chi connectivity index (χ0) is 15.3. The van der Waals surface area contributed by atoms with Crippen LogP contribution in [-0.2, 0) is 0 Å². The summed E-state index contributed by atoms with van der Waals surface area (Å²) in [4.78, 5) is 14.0. The van der Waals surface area contributed by atoms with E-state index in [0.29, 0.717) is 23.2 Å². The molecule has 1 rings (SSSR count). The zero-order valence-electron chi connectivity index (χ0n) is 13.0. The fourth-order valence-electron chi connectivity index (χ4n) is 2.63. The predicted octanol–water partition coefficient (Wildman–Crippen LogP) is 3.02. The van der Waals surface area contributed by atoms with Crippen LogP contribution in [0.2, 0.25) is 0 Å². The standard InChI is InChI=1S/C16H27N3O/c1-5-12(6-2)19(10-11(3)4)15-13(16(18)20)8-7-9-14(15)17/h7-9,11-12H,5-6,10,17H2,1-4H3,(H2,18,20). The van der Waals surface area contributed by atoms with Gasteiger partial charge in [-0.1, -0.05) is 33.8 Å². The maximum atomic E-state index is 11.7. The van der Waals surface area contributed by atoms with Crippen LogP contribution in [0, 0.1) is 5.92 Å². The number of amides is 1. The van der Waals surface area contributed by atoms with Crippen LogP contribution in [0.5, 0.6) is 0 Å². The Labute approximate surface area is 122 Å². The Balaban J connectivity index is 3.35. The van der Waals surface area contributed by atoms with Gasteiger partial charge >= 0.3 is 0 Å². The Hall–Kier alpha value is -1.71. The minimum absolute atomic E-state index is 0.361. The molecule has 0 aliphatic heterocycles. The molecular weight excluding hydrogens is 250 g/mol. The van der Waals surface area contributed by atoms with Crippen LogP contribution in [-0.4, -0.2) is 18.5 Å². The first-order valence-corrected chi connectivity index (χ1v) is 7.37. The molecule has 1 aromatic carbocycles. The van der Waals surface area contributed by atoms with Crippen LogP contribution in [0.3, 0.4) is 0 Å². The van der Waals surface area contributed by atoms with Gasteiger partial charge in [0.25, 0.3) is 5.91 Å². The van der Waals surface area contributed by atoms with Crippen molar-refractivity contribution in [1.29, 1.82) is 0 Å². The third-order valence-corrected chi connectivity index (χ3v) is 3.57. The lowest BCUT2D eigenvalue weighted by atomic mass is 10.0. The molecule has 20 heavy (non-hydrogen) atoms. The van der Waals surface area contributed by atoms with Gasteiger partial charge in [0.15, 0.2) is 0 Å². The van der Waals surface area contributed by atoms with Crippen LogP contribution < -0.4 is 16.4 Å². The van der Waals surface area contributed by atoms with E-state index < -0.39 is 5.91 Å². The highest BCUT2D eigenvalue weighted by Gasteiger charge is 2.23. The average molecular weight is 277 g/mol. The average Bonchev–Trinajstić information content (AvgIpc) is 2.38. The minimum Gasteiger partial charge on any atom is -0.397 e. The molecule has 4 nitrogen and oxygen atoms in total. The molecule has 0 aliphatic rings. The van der Waals surface area contributed by atoms with Crippen LogP contribution in [0.1, 0.15) is 50.9 Å². The van der Waals surface area contributed by atoms with E-state index in [-0.39, 0.29) is 0 Å². The van der Waals surface area contributed by atoms with Gasteiger partial charge in [0.2, 0.25) is 0 Å². The number of hydrogen-bond donors (Lipinski definition) is 2. The first kappa shape index (κ1) is 16.3. The van der Waals surface area contributed by atoms with E-state index in [9.17, 15) is 4.79 Å². The summed E-state index contributed by atoms with van der Waals surface area (Å²) < 4.78 is 0. The molecule has 0 aliphatic carbocycles. The highest BCUT2D eigenvalue weighted by molar-refractivity contribution is 6.01. The predicted molar refractivity (Wildman–Crippen MR) is 85.9 cm³/mol. The fraction of sp³-hybridized carbons (Fsp3) is 0.562. The molecule has 1 amide bonds. The van der Waals surface area contributed by atoms with Crippen molar-refractivity contribution < 1.29 is 4.79 Å². The van der Waals surface area contributed by atoms with E-state index >= 15 is 0 Å². The lowest BCUT2D eigenvalue weighted by Gasteiger charge is -2.36. The number of rotatable bonds is 7. The molecule has 0 spiro atoms. The maximum Gasteiger partial charge on any atom is 0.250 e. The fourth-order valence-corrected chi connectivity index (χ4v) is 2.63. The summed E-state index contributed by atoms with van der Waals surface area (Å²) in [6.45, 7) is 9.51. The van der Waals surface area contributed by atoms with Crippen LogP contribution in [0.15, 0.2) is 18.2 Å². The van der Waals surface area contributed by atoms with Crippen molar-refractivity contribution in [1.82, 2.24) is 0 Å². The van der Waals surface area contributed by atoms with Gasteiger partial charge in [-0.3, -0.25) is 4.79 Å². The molecule has 1 aromatic rings. The lowest BCUT2D eigenvalue weighted by Crippen LogP contribution is -2.39. The van der Waals surface area contributed by atoms with E-state index in [2.05, 4.69) is 32.6 Å². The molecule has 0 radical (unpaired) electrons. The number of nitrogens with zero attached hydrogens (tertiary/aromatic N) is 1.